The van der Waals surface area contributed by atoms with E-state index in [1.807, 2.05) is 30.5 Å². The Morgan fingerprint density at radius 2 is 1.81 bits per heavy atom. The van der Waals surface area contributed by atoms with Crippen LogP contribution in [0.15, 0.2) is 84.0 Å². The van der Waals surface area contributed by atoms with E-state index >= 15 is 0 Å². The second-order valence-corrected chi connectivity index (χ2v) is 6.17. The number of hydrogen-bond acceptors (Lipinski definition) is 2. The molecule has 0 bridgehead atoms. The number of phenolic OH excluding ortho intramolecular Hbond substituents is 1. The largest absolute Gasteiger partial charge is 0.508 e. The first-order valence-corrected chi connectivity index (χ1v) is 8.34. The Kier molecular flexibility index (Phi) is 4.23. The molecule has 0 saturated carbocycles. The summed E-state index contributed by atoms with van der Waals surface area (Å²) in [5, 5.41) is 10.4. The van der Waals surface area contributed by atoms with Gasteiger partial charge in [0.1, 0.15) is 11.6 Å². The maximum atomic E-state index is 13.4. The van der Waals surface area contributed by atoms with Crippen molar-refractivity contribution >= 4 is 22.8 Å². The summed E-state index contributed by atoms with van der Waals surface area (Å²) in [5.74, 6) is 0.0108. The molecule has 0 atom stereocenters. The Bertz CT molecular complexity index is 1080. The molecule has 0 amide bonds. The lowest BCUT2D eigenvalue weighted by atomic mass is 10.1. The van der Waals surface area contributed by atoms with E-state index in [4.69, 9.17) is 0 Å². The van der Waals surface area contributed by atoms with Crippen molar-refractivity contribution in [3.63, 3.8) is 0 Å². The molecule has 0 aliphatic heterocycles. The minimum Gasteiger partial charge on any atom is -0.508 e. The molecule has 1 heterocycles. The van der Waals surface area contributed by atoms with Gasteiger partial charge in [0, 0.05) is 29.9 Å². The first kappa shape index (κ1) is 16.1. The second-order valence-electron chi connectivity index (χ2n) is 6.17. The summed E-state index contributed by atoms with van der Waals surface area (Å²) >= 11 is 0. The number of fused-ring (bicyclic) bond motifs is 1. The SMILES string of the molecule is Oc1ccc(N=Cc2ccc3c(ccn3Cc3cccc(F)c3)c2)cc1. The molecular formula is C22H17FN2O. The molecular weight excluding hydrogens is 327 g/mol. The fourth-order valence-electron chi connectivity index (χ4n) is 2.96. The van der Waals surface area contributed by atoms with Crippen LogP contribution in [-0.4, -0.2) is 15.9 Å². The standard InChI is InChI=1S/C22H17FN2O/c23-19-3-1-2-17(13-19)15-25-11-10-18-12-16(4-9-22(18)25)14-24-20-5-7-21(26)8-6-20/h1-14,26H,15H2. The number of aromatic nitrogens is 1. The number of halogens is 1. The van der Waals surface area contributed by atoms with Crippen molar-refractivity contribution in [3.05, 3.63) is 95.9 Å². The van der Waals surface area contributed by atoms with Gasteiger partial charge < -0.3 is 9.67 Å². The molecule has 0 spiro atoms. The molecule has 0 aliphatic rings. The molecule has 4 rings (SSSR count). The Hall–Kier alpha value is -3.40. The Labute approximate surface area is 150 Å². The predicted molar refractivity (Wildman–Crippen MR) is 103 cm³/mol. The van der Waals surface area contributed by atoms with Crippen LogP contribution in [0, 0.1) is 5.82 Å². The van der Waals surface area contributed by atoms with E-state index in [0.717, 1.165) is 27.7 Å². The summed E-state index contributed by atoms with van der Waals surface area (Å²) in [5.41, 5.74) is 3.80. The van der Waals surface area contributed by atoms with Gasteiger partial charge in [-0.15, -0.1) is 0 Å². The van der Waals surface area contributed by atoms with Crippen LogP contribution in [0.1, 0.15) is 11.1 Å². The molecule has 0 saturated heterocycles. The van der Waals surface area contributed by atoms with Gasteiger partial charge in [0.05, 0.1) is 5.69 Å². The van der Waals surface area contributed by atoms with Crippen molar-refractivity contribution in [3.8, 4) is 5.75 Å². The van der Waals surface area contributed by atoms with Gasteiger partial charge in [-0.05, 0) is 65.7 Å². The maximum Gasteiger partial charge on any atom is 0.123 e. The molecule has 3 nitrogen and oxygen atoms in total. The lowest BCUT2D eigenvalue weighted by Gasteiger charge is -2.06. The zero-order chi connectivity index (χ0) is 17.9. The Morgan fingerprint density at radius 1 is 0.962 bits per heavy atom. The molecule has 0 unspecified atom stereocenters. The summed E-state index contributed by atoms with van der Waals surface area (Å²) in [6.07, 6.45) is 3.81. The van der Waals surface area contributed by atoms with Gasteiger partial charge in [-0.25, -0.2) is 4.39 Å². The summed E-state index contributed by atoms with van der Waals surface area (Å²) in [4.78, 5) is 4.42. The van der Waals surface area contributed by atoms with E-state index < -0.39 is 0 Å². The molecule has 1 N–H and O–H groups in total. The minimum atomic E-state index is -0.216. The van der Waals surface area contributed by atoms with Crippen LogP contribution in [0.2, 0.25) is 0 Å². The fraction of sp³-hybridized carbons (Fsp3) is 0.0455. The number of aromatic hydroxyl groups is 1. The highest BCUT2D eigenvalue weighted by Gasteiger charge is 2.03. The molecule has 0 aliphatic carbocycles. The van der Waals surface area contributed by atoms with Crippen LogP contribution in [0.25, 0.3) is 10.9 Å². The van der Waals surface area contributed by atoms with E-state index in [2.05, 4.69) is 15.6 Å². The highest BCUT2D eigenvalue weighted by atomic mass is 19.1. The van der Waals surface area contributed by atoms with E-state index in [9.17, 15) is 9.50 Å². The van der Waals surface area contributed by atoms with Crippen molar-refractivity contribution < 1.29 is 9.50 Å². The summed E-state index contributed by atoms with van der Waals surface area (Å²) in [7, 11) is 0. The van der Waals surface area contributed by atoms with Crippen molar-refractivity contribution in [2.45, 2.75) is 6.54 Å². The third-order valence-electron chi connectivity index (χ3n) is 4.25. The smallest absolute Gasteiger partial charge is 0.123 e. The topological polar surface area (TPSA) is 37.5 Å². The fourth-order valence-corrected chi connectivity index (χ4v) is 2.96. The number of hydrogen-bond donors (Lipinski definition) is 1. The number of rotatable bonds is 4. The van der Waals surface area contributed by atoms with Gasteiger partial charge in [0.15, 0.2) is 0 Å². The number of aliphatic imine (C=N–C) groups is 1. The summed E-state index contributed by atoms with van der Waals surface area (Å²) in [6.45, 7) is 0.627. The third kappa shape index (κ3) is 3.49. The van der Waals surface area contributed by atoms with Crippen molar-refractivity contribution in [1.82, 2.24) is 4.57 Å². The number of phenols is 1. The monoisotopic (exact) mass is 344 g/mol. The lowest BCUT2D eigenvalue weighted by Crippen LogP contribution is -1.98. The maximum absolute atomic E-state index is 13.4. The van der Waals surface area contributed by atoms with Gasteiger partial charge in [-0.3, -0.25) is 4.99 Å². The summed E-state index contributed by atoms with van der Waals surface area (Å²) < 4.78 is 15.5. The first-order chi connectivity index (χ1) is 12.7. The van der Waals surface area contributed by atoms with Crippen molar-refractivity contribution in [1.29, 1.82) is 0 Å². The molecule has 3 aromatic carbocycles. The van der Waals surface area contributed by atoms with E-state index in [1.54, 1.807) is 42.6 Å². The van der Waals surface area contributed by atoms with Crippen molar-refractivity contribution in [2.75, 3.05) is 0 Å². The molecule has 26 heavy (non-hydrogen) atoms. The highest BCUT2D eigenvalue weighted by molar-refractivity contribution is 5.90. The van der Waals surface area contributed by atoms with Gasteiger partial charge in [0.25, 0.3) is 0 Å². The first-order valence-electron chi connectivity index (χ1n) is 8.34. The number of benzene rings is 3. The van der Waals surface area contributed by atoms with E-state index in [1.165, 1.54) is 6.07 Å². The van der Waals surface area contributed by atoms with E-state index in [0.29, 0.717) is 6.54 Å². The van der Waals surface area contributed by atoms with Crippen LogP contribution < -0.4 is 0 Å². The molecule has 0 radical (unpaired) electrons. The zero-order valence-electron chi connectivity index (χ0n) is 14.0. The minimum absolute atomic E-state index is 0.216. The quantitative estimate of drug-likeness (QED) is 0.502. The second kappa shape index (κ2) is 6.84. The van der Waals surface area contributed by atoms with Crippen LogP contribution in [0.4, 0.5) is 10.1 Å². The Balaban J connectivity index is 1.58. The molecule has 4 aromatic rings. The molecule has 4 heteroatoms. The summed E-state index contributed by atoms with van der Waals surface area (Å²) in [6, 6.07) is 21.6. The average molecular weight is 344 g/mol. The predicted octanol–water partition coefficient (Wildman–Crippen LogP) is 5.28. The third-order valence-corrected chi connectivity index (χ3v) is 4.25. The average Bonchev–Trinajstić information content (AvgIpc) is 3.03. The zero-order valence-corrected chi connectivity index (χ0v) is 14.0. The molecule has 128 valence electrons. The van der Waals surface area contributed by atoms with Gasteiger partial charge in [-0.2, -0.15) is 0 Å². The van der Waals surface area contributed by atoms with Crippen LogP contribution in [0.3, 0.4) is 0 Å². The molecule has 1 aromatic heterocycles. The van der Waals surface area contributed by atoms with Crippen LogP contribution in [0.5, 0.6) is 5.75 Å². The van der Waals surface area contributed by atoms with Crippen LogP contribution >= 0.6 is 0 Å². The van der Waals surface area contributed by atoms with Gasteiger partial charge in [-0.1, -0.05) is 18.2 Å². The van der Waals surface area contributed by atoms with Crippen molar-refractivity contribution in [2.24, 2.45) is 4.99 Å². The van der Waals surface area contributed by atoms with E-state index in [-0.39, 0.29) is 11.6 Å². The Morgan fingerprint density at radius 3 is 2.62 bits per heavy atom. The molecule has 0 fully saturated rings. The lowest BCUT2D eigenvalue weighted by molar-refractivity contribution is 0.475. The number of nitrogens with zero attached hydrogens (tertiary/aromatic N) is 2. The van der Waals surface area contributed by atoms with Crippen LogP contribution in [-0.2, 0) is 6.54 Å². The van der Waals surface area contributed by atoms with Gasteiger partial charge >= 0.3 is 0 Å². The highest BCUT2D eigenvalue weighted by Crippen LogP contribution is 2.20. The normalized spacial score (nSPS) is 11.4. The van der Waals surface area contributed by atoms with Gasteiger partial charge in [0.2, 0.25) is 0 Å².